The second kappa shape index (κ2) is 10.2. The molecule has 0 fully saturated rings. The van der Waals surface area contributed by atoms with Crippen molar-refractivity contribution < 1.29 is 32.2 Å². The number of hydrogen-bond donors (Lipinski definition) is 1. The van der Waals surface area contributed by atoms with Crippen molar-refractivity contribution in [2.75, 3.05) is 26.1 Å². The van der Waals surface area contributed by atoms with Crippen LogP contribution in [0.4, 0.5) is 18.9 Å². The van der Waals surface area contributed by atoms with Gasteiger partial charge in [0.1, 0.15) is 0 Å². The fourth-order valence-electron chi connectivity index (χ4n) is 2.63. The number of methoxy groups -OCH3 is 2. The highest BCUT2D eigenvalue weighted by Crippen LogP contribution is 2.30. The number of anilines is 1. The van der Waals surface area contributed by atoms with Gasteiger partial charge in [-0.15, -0.1) is 0 Å². The summed E-state index contributed by atoms with van der Waals surface area (Å²) in [5.41, 5.74) is 2.37. The lowest BCUT2D eigenvalue weighted by Crippen LogP contribution is -2.19. The van der Waals surface area contributed by atoms with Gasteiger partial charge >= 0.3 is 6.18 Å². The third-order valence-corrected chi connectivity index (χ3v) is 4.25. The highest BCUT2D eigenvalue weighted by atomic mass is 19.4. The van der Waals surface area contributed by atoms with Gasteiger partial charge in [-0.1, -0.05) is 18.2 Å². The molecule has 158 valence electrons. The normalized spacial score (nSPS) is 12.3. The number of carbonyl (C=O) groups excluding carboxylic acids is 1. The predicted octanol–water partition coefficient (Wildman–Crippen LogP) is 4.92. The molecule has 0 bridgehead atoms. The first-order valence-electron chi connectivity index (χ1n) is 9.01. The number of aryl methyl sites for hydroxylation is 1. The number of halogens is 3. The van der Waals surface area contributed by atoms with E-state index in [9.17, 15) is 18.0 Å². The number of rotatable bonds is 9. The molecule has 1 atom stereocenters. The SMILES string of the molecule is COc1cc(CCC(=O)Nc2cccc(C(C)OC)c2)ccc1OCC(F)(F)F. The summed E-state index contributed by atoms with van der Waals surface area (Å²) in [7, 11) is 2.96. The van der Waals surface area contributed by atoms with E-state index in [-0.39, 0.29) is 29.9 Å². The van der Waals surface area contributed by atoms with Crippen LogP contribution >= 0.6 is 0 Å². The molecule has 1 N–H and O–H groups in total. The average molecular weight is 411 g/mol. The third-order valence-electron chi connectivity index (χ3n) is 4.25. The number of benzene rings is 2. The van der Waals surface area contributed by atoms with Crippen molar-refractivity contribution in [1.82, 2.24) is 0 Å². The lowest BCUT2D eigenvalue weighted by atomic mass is 10.1. The summed E-state index contributed by atoms with van der Waals surface area (Å²) in [6.45, 7) is 0.516. The standard InChI is InChI=1S/C21H24F3NO4/c1-14(27-2)16-5-4-6-17(12-16)25-20(26)10-8-15-7-9-18(19(11-15)28-3)29-13-21(22,23)24/h4-7,9,11-12,14H,8,10,13H2,1-3H3,(H,25,26). The fraction of sp³-hybridized carbons (Fsp3) is 0.381. The fourth-order valence-corrected chi connectivity index (χ4v) is 2.63. The van der Waals surface area contributed by atoms with Crippen LogP contribution in [-0.2, 0) is 16.0 Å². The Morgan fingerprint density at radius 1 is 1.10 bits per heavy atom. The van der Waals surface area contributed by atoms with Crippen LogP contribution in [0.1, 0.15) is 30.6 Å². The second-order valence-electron chi connectivity index (χ2n) is 6.44. The maximum absolute atomic E-state index is 12.3. The van der Waals surface area contributed by atoms with Gasteiger partial charge in [0, 0.05) is 19.2 Å². The summed E-state index contributed by atoms with van der Waals surface area (Å²) < 4.78 is 52.1. The van der Waals surface area contributed by atoms with E-state index in [4.69, 9.17) is 14.2 Å². The molecule has 0 aromatic heterocycles. The third kappa shape index (κ3) is 7.30. The Balaban J connectivity index is 1.94. The Morgan fingerprint density at radius 2 is 1.86 bits per heavy atom. The topological polar surface area (TPSA) is 56.8 Å². The summed E-state index contributed by atoms with van der Waals surface area (Å²) in [6, 6.07) is 12.0. The van der Waals surface area contributed by atoms with Crippen LogP contribution in [-0.4, -0.2) is 32.9 Å². The number of amides is 1. The molecule has 0 aliphatic carbocycles. The van der Waals surface area contributed by atoms with Gasteiger partial charge in [-0.3, -0.25) is 4.79 Å². The minimum Gasteiger partial charge on any atom is -0.493 e. The van der Waals surface area contributed by atoms with E-state index in [0.29, 0.717) is 12.1 Å². The van der Waals surface area contributed by atoms with Crippen LogP contribution in [0.2, 0.25) is 0 Å². The number of hydrogen-bond acceptors (Lipinski definition) is 4. The summed E-state index contributed by atoms with van der Waals surface area (Å²) >= 11 is 0. The van der Waals surface area contributed by atoms with Crippen molar-refractivity contribution in [2.24, 2.45) is 0 Å². The zero-order chi connectivity index (χ0) is 21.4. The van der Waals surface area contributed by atoms with E-state index in [2.05, 4.69) is 5.32 Å². The highest BCUT2D eigenvalue weighted by Gasteiger charge is 2.29. The predicted molar refractivity (Wildman–Crippen MR) is 103 cm³/mol. The van der Waals surface area contributed by atoms with Crippen LogP contribution in [0.25, 0.3) is 0 Å². The molecule has 0 aliphatic rings. The van der Waals surface area contributed by atoms with Crippen molar-refractivity contribution in [2.45, 2.75) is 32.0 Å². The van der Waals surface area contributed by atoms with E-state index in [0.717, 1.165) is 11.1 Å². The van der Waals surface area contributed by atoms with Gasteiger partial charge < -0.3 is 19.5 Å². The Morgan fingerprint density at radius 3 is 2.52 bits per heavy atom. The Bertz CT molecular complexity index is 824. The molecule has 0 heterocycles. The van der Waals surface area contributed by atoms with E-state index in [1.807, 2.05) is 25.1 Å². The largest absolute Gasteiger partial charge is 0.493 e. The van der Waals surface area contributed by atoms with E-state index in [1.54, 1.807) is 25.3 Å². The first-order valence-corrected chi connectivity index (χ1v) is 9.01. The molecule has 29 heavy (non-hydrogen) atoms. The molecule has 0 aliphatic heterocycles. The first kappa shape index (κ1) is 22.5. The number of nitrogens with one attached hydrogen (secondary N) is 1. The van der Waals surface area contributed by atoms with E-state index < -0.39 is 12.8 Å². The molecule has 0 saturated heterocycles. The Labute approximate surface area is 167 Å². The molecule has 0 spiro atoms. The zero-order valence-corrected chi connectivity index (χ0v) is 16.5. The molecule has 2 aromatic carbocycles. The van der Waals surface area contributed by atoms with Crippen LogP contribution in [0, 0.1) is 0 Å². The van der Waals surface area contributed by atoms with Gasteiger partial charge in [0.15, 0.2) is 18.1 Å². The van der Waals surface area contributed by atoms with Gasteiger partial charge in [0.2, 0.25) is 5.91 Å². The maximum atomic E-state index is 12.3. The quantitative estimate of drug-likeness (QED) is 0.637. The monoisotopic (exact) mass is 411 g/mol. The molecule has 1 amide bonds. The van der Waals surface area contributed by atoms with Crippen molar-refractivity contribution in [3.05, 3.63) is 53.6 Å². The number of alkyl halides is 3. The minimum atomic E-state index is -4.43. The molecule has 5 nitrogen and oxygen atoms in total. The van der Waals surface area contributed by atoms with Crippen molar-refractivity contribution in [3.63, 3.8) is 0 Å². The summed E-state index contributed by atoms with van der Waals surface area (Å²) in [6.07, 6.45) is -3.91. The summed E-state index contributed by atoms with van der Waals surface area (Å²) in [5, 5.41) is 2.83. The van der Waals surface area contributed by atoms with Crippen LogP contribution < -0.4 is 14.8 Å². The molecular weight excluding hydrogens is 387 g/mol. The molecule has 2 rings (SSSR count). The zero-order valence-electron chi connectivity index (χ0n) is 16.5. The molecule has 0 radical (unpaired) electrons. The van der Waals surface area contributed by atoms with Crippen LogP contribution in [0.5, 0.6) is 11.5 Å². The molecule has 0 saturated carbocycles. The highest BCUT2D eigenvalue weighted by molar-refractivity contribution is 5.90. The van der Waals surface area contributed by atoms with Crippen molar-refractivity contribution in [3.8, 4) is 11.5 Å². The lowest BCUT2D eigenvalue weighted by molar-refractivity contribution is -0.153. The van der Waals surface area contributed by atoms with Crippen LogP contribution in [0.15, 0.2) is 42.5 Å². The molecule has 8 heteroatoms. The minimum absolute atomic E-state index is 0.00195. The van der Waals surface area contributed by atoms with Crippen molar-refractivity contribution >= 4 is 11.6 Å². The van der Waals surface area contributed by atoms with Gasteiger partial charge in [-0.2, -0.15) is 13.2 Å². The molecule has 1 unspecified atom stereocenters. The van der Waals surface area contributed by atoms with Gasteiger partial charge in [-0.05, 0) is 48.7 Å². The van der Waals surface area contributed by atoms with Gasteiger partial charge in [-0.25, -0.2) is 0 Å². The maximum Gasteiger partial charge on any atom is 0.422 e. The Kier molecular flexibility index (Phi) is 7.90. The lowest BCUT2D eigenvalue weighted by Gasteiger charge is -2.14. The summed E-state index contributed by atoms with van der Waals surface area (Å²) in [4.78, 5) is 12.2. The first-order chi connectivity index (χ1) is 13.7. The van der Waals surface area contributed by atoms with Crippen molar-refractivity contribution in [1.29, 1.82) is 0 Å². The Hall–Kier alpha value is -2.74. The van der Waals surface area contributed by atoms with Gasteiger partial charge in [0.25, 0.3) is 0 Å². The summed E-state index contributed by atoms with van der Waals surface area (Å²) in [5.74, 6) is 0.0131. The van der Waals surface area contributed by atoms with Gasteiger partial charge in [0.05, 0.1) is 13.2 Å². The second-order valence-corrected chi connectivity index (χ2v) is 6.44. The van der Waals surface area contributed by atoms with E-state index in [1.165, 1.54) is 13.2 Å². The van der Waals surface area contributed by atoms with E-state index >= 15 is 0 Å². The average Bonchev–Trinajstić information content (AvgIpc) is 2.69. The molecule has 2 aromatic rings. The van der Waals surface area contributed by atoms with Crippen LogP contribution in [0.3, 0.4) is 0 Å². The smallest absolute Gasteiger partial charge is 0.422 e. The number of ether oxygens (including phenoxy) is 3. The number of carbonyl (C=O) groups is 1. The molecular formula is C21H24F3NO4.